The molecule has 4 rings (SSSR count). The van der Waals surface area contributed by atoms with Crippen molar-refractivity contribution in [2.75, 3.05) is 19.6 Å². The molecule has 0 radical (unpaired) electrons. The molecule has 25 heavy (non-hydrogen) atoms. The number of aromatic amines is 1. The summed E-state index contributed by atoms with van der Waals surface area (Å²) in [6.07, 6.45) is 3.98. The summed E-state index contributed by atoms with van der Waals surface area (Å²) in [5, 5.41) is 3.49. The highest BCUT2D eigenvalue weighted by Gasteiger charge is 2.24. The monoisotopic (exact) mass is 337 g/mol. The molecule has 2 aromatic heterocycles. The lowest BCUT2D eigenvalue weighted by Gasteiger charge is -2.24. The number of rotatable bonds is 2. The topological polar surface area (TPSA) is 82.5 Å². The first kappa shape index (κ1) is 15.6. The average molecular weight is 337 g/mol. The average Bonchev–Trinajstić information content (AvgIpc) is 2.98. The van der Waals surface area contributed by atoms with Crippen LogP contribution in [0.2, 0.25) is 0 Å². The van der Waals surface area contributed by atoms with Gasteiger partial charge in [0.25, 0.3) is 5.91 Å². The normalized spacial score (nSPS) is 18.2. The van der Waals surface area contributed by atoms with Crippen LogP contribution in [0.15, 0.2) is 53.6 Å². The van der Waals surface area contributed by atoms with Crippen LogP contribution in [0.1, 0.15) is 28.5 Å². The second kappa shape index (κ2) is 6.52. The van der Waals surface area contributed by atoms with Gasteiger partial charge in [0, 0.05) is 37.6 Å². The van der Waals surface area contributed by atoms with Crippen LogP contribution in [0.3, 0.4) is 0 Å². The van der Waals surface area contributed by atoms with Gasteiger partial charge in [-0.25, -0.2) is 9.78 Å². The summed E-state index contributed by atoms with van der Waals surface area (Å²) in [5.41, 5.74) is 1.54. The number of benzene rings is 1. The molecule has 0 spiro atoms. The minimum atomic E-state index is -0.356. The summed E-state index contributed by atoms with van der Waals surface area (Å²) in [6, 6.07) is 11.8. The first-order valence-corrected chi connectivity index (χ1v) is 8.36. The highest BCUT2D eigenvalue weighted by atomic mass is 16.2. The summed E-state index contributed by atoms with van der Waals surface area (Å²) in [4.78, 5) is 33.6. The van der Waals surface area contributed by atoms with Crippen LogP contribution in [0.5, 0.6) is 0 Å². The van der Waals surface area contributed by atoms with E-state index >= 15 is 0 Å². The van der Waals surface area contributed by atoms with E-state index in [2.05, 4.69) is 27.4 Å². The predicted molar refractivity (Wildman–Crippen MR) is 93.5 cm³/mol. The molecule has 1 amide bonds. The lowest BCUT2D eigenvalue weighted by atomic mass is 10.1. The predicted octanol–water partition coefficient (Wildman–Crippen LogP) is 1.20. The number of imidazole rings is 1. The highest BCUT2D eigenvalue weighted by molar-refractivity contribution is 5.93. The van der Waals surface area contributed by atoms with Crippen LogP contribution >= 0.6 is 0 Å². The Morgan fingerprint density at radius 2 is 2.08 bits per heavy atom. The molecule has 0 saturated carbocycles. The molecule has 2 N–H and O–H groups in total. The number of carbonyl (C=O) groups is 1. The third-order valence-corrected chi connectivity index (χ3v) is 4.52. The molecule has 1 atom stereocenters. The Labute approximate surface area is 144 Å². The van der Waals surface area contributed by atoms with Gasteiger partial charge in [0.05, 0.1) is 0 Å². The maximum Gasteiger partial charge on any atom is 0.331 e. The summed E-state index contributed by atoms with van der Waals surface area (Å²) < 4.78 is 1.38. The van der Waals surface area contributed by atoms with E-state index in [0.29, 0.717) is 18.7 Å². The molecule has 1 aromatic carbocycles. The van der Waals surface area contributed by atoms with Crippen LogP contribution in [-0.2, 0) is 0 Å². The van der Waals surface area contributed by atoms with Crippen LogP contribution in [0.4, 0.5) is 0 Å². The summed E-state index contributed by atoms with van der Waals surface area (Å²) >= 11 is 0. The minimum Gasteiger partial charge on any atom is -0.335 e. The van der Waals surface area contributed by atoms with Crippen molar-refractivity contribution in [2.24, 2.45) is 0 Å². The maximum atomic E-state index is 12.9. The molecule has 1 saturated heterocycles. The van der Waals surface area contributed by atoms with Crippen molar-refractivity contribution in [3.05, 3.63) is 70.5 Å². The number of H-pyrrole nitrogens is 1. The van der Waals surface area contributed by atoms with Gasteiger partial charge in [-0.15, -0.1) is 0 Å². The molecule has 1 unspecified atom stereocenters. The number of hydrogen-bond donors (Lipinski definition) is 2. The van der Waals surface area contributed by atoms with E-state index in [4.69, 9.17) is 0 Å². The Kier molecular flexibility index (Phi) is 4.07. The lowest BCUT2D eigenvalue weighted by Crippen LogP contribution is -2.37. The number of fused-ring (bicyclic) bond motifs is 1. The van der Waals surface area contributed by atoms with Crippen LogP contribution < -0.4 is 11.0 Å². The maximum absolute atomic E-state index is 12.9. The molecular weight excluding hydrogens is 318 g/mol. The first-order valence-electron chi connectivity index (χ1n) is 8.36. The Morgan fingerprint density at radius 3 is 2.92 bits per heavy atom. The first-order chi connectivity index (χ1) is 12.2. The Morgan fingerprint density at radius 1 is 1.24 bits per heavy atom. The molecule has 0 aliphatic carbocycles. The van der Waals surface area contributed by atoms with E-state index in [1.165, 1.54) is 4.40 Å². The number of hydrogen-bond acceptors (Lipinski definition) is 4. The van der Waals surface area contributed by atoms with Gasteiger partial charge in [0.15, 0.2) is 0 Å². The van der Waals surface area contributed by atoms with Crippen molar-refractivity contribution in [2.45, 2.75) is 12.5 Å². The van der Waals surface area contributed by atoms with Crippen molar-refractivity contribution in [1.29, 1.82) is 0 Å². The zero-order valence-corrected chi connectivity index (χ0v) is 13.7. The number of amides is 1. The fourth-order valence-corrected chi connectivity index (χ4v) is 3.24. The number of carbonyl (C=O) groups excluding carboxylic acids is 1. The lowest BCUT2D eigenvalue weighted by molar-refractivity contribution is 0.0746. The van der Waals surface area contributed by atoms with E-state index < -0.39 is 0 Å². The zero-order valence-electron chi connectivity index (χ0n) is 13.7. The van der Waals surface area contributed by atoms with Gasteiger partial charge in [0.2, 0.25) is 0 Å². The van der Waals surface area contributed by atoms with E-state index in [1.807, 2.05) is 18.2 Å². The quantitative estimate of drug-likeness (QED) is 0.736. The second-order valence-corrected chi connectivity index (χ2v) is 6.17. The highest BCUT2D eigenvalue weighted by Crippen LogP contribution is 2.18. The third kappa shape index (κ3) is 3.06. The fourth-order valence-electron chi connectivity index (χ4n) is 3.24. The molecule has 7 heteroatoms. The van der Waals surface area contributed by atoms with Gasteiger partial charge in [-0.3, -0.25) is 9.20 Å². The van der Waals surface area contributed by atoms with Crippen LogP contribution in [-0.4, -0.2) is 44.8 Å². The summed E-state index contributed by atoms with van der Waals surface area (Å²) in [5.74, 6) is -0.174. The van der Waals surface area contributed by atoms with E-state index in [1.54, 1.807) is 23.4 Å². The molecule has 1 aliphatic rings. The molecule has 3 heterocycles. The standard InChI is InChI=1S/C18H19N5O2/c24-17(14-11-16-20-8-10-23(16)18(25)21-14)22-9-4-7-19-15(12-22)13-5-2-1-3-6-13/h1-3,5-6,8,10-11,15,19H,4,7,9,12H2,(H,21,25). The molecule has 128 valence electrons. The van der Waals surface area contributed by atoms with Gasteiger partial charge >= 0.3 is 5.69 Å². The van der Waals surface area contributed by atoms with Crippen LogP contribution in [0, 0.1) is 0 Å². The smallest absolute Gasteiger partial charge is 0.331 e. The molecule has 1 aliphatic heterocycles. The van der Waals surface area contributed by atoms with Gasteiger partial charge in [-0.2, -0.15) is 0 Å². The SMILES string of the molecule is O=C(c1cc2nccn2c(=O)[nH]1)N1CCCNC(c2ccccc2)C1. The van der Waals surface area contributed by atoms with E-state index in [0.717, 1.165) is 18.5 Å². The van der Waals surface area contributed by atoms with E-state index in [9.17, 15) is 9.59 Å². The molecule has 7 nitrogen and oxygen atoms in total. The van der Waals surface area contributed by atoms with Gasteiger partial charge < -0.3 is 15.2 Å². The Hall–Kier alpha value is -2.93. The summed E-state index contributed by atoms with van der Waals surface area (Å²) in [6.45, 7) is 2.06. The molecule has 1 fully saturated rings. The van der Waals surface area contributed by atoms with Crippen molar-refractivity contribution in [1.82, 2.24) is 24.6 Å². The largest absolute Gasteiger partial charge is 0.335 e. The van der Waals surface area contributed by atoms with Crippen LogP contribution in [0.25, 0.3) is 5.65 Å². The van der Waals surface area contributed by atoms with Crippen molar-refractivity contribution >= 4 is 11.6 Å². The Bertz CT molecular complexity index is 947. The third-order valence-electron chi connectivity index (χ3n) is 4.52. The van der Waals surface area contributed by atoms with Gasteiger partial charge in [-0.1, -0.05) is 30.3 Å². The van der Waals surface area contributed by atoms with Crippen molar-refractivity contribution in [3.8, 4) is 0 Å². The number of aromatic nitrogens is 3. The number of nitrogens with one attached hydrogen (secondary N) is 2. The van der Waals surface area contributed by atoms with Gasteiger partial charge in [0.1, 0.15) is 11.3 Å². The number of nitrogens with zero attached hydrogens (tertiary/aromatic N) is 3. The molecule has 0 bridgehead atoms. The fraction of sp³-hybridized carbons (Fsp3) is 0.278. The summed E-state index contributed by atoms with van der Waals surface area (Å²) in [7, 11) is 0. The molecular formula is C18H19N5O2. The van der Waals surface area contributed by atoms with E-state index in [-0.39, 0.29) is 23.3 Å². The minimum absolute atomic E-state index is 0.0783. The van der Waals surface area contributed by atoms with Crippen molar-refractivity contribution in [3.63, 3.8) is 0 Å². The van der Waals surface area contributed by atoms with Gasteiger partial charge in [-0.05, 0) is 18.5 Å². The second-order valence-electron chi connectivity index (χ2n) is 6.17. The molecule has 3 aromatic rings. The Balaban J connectivity index is 1.62. The zero-order chi connectivity index (χ0) is 17.2. The van der Waals surface area contributed by atoms with Crippen molar-refractivity contribution < 1.29 is 4.79 Å².